The molecule has 0 saturated heterocycles. The van der Waals surface area contributed by atoms with E-state index in [1.807, 2.05) is 25.1 Å². The molecule has 88 valence electrons. The summed E-state index contributed by atoms with van der Waals surface area (Å²) in [6.45, 7) is 1.95. The van der Waals surface area contributed by atoms with E-state index in [4.69, 9.17) is 22.4 Å². The molecule has 0 bridgehead atoms. The number of carboxylic acids is 1. The molecule has 3 N–H and O–H groups in total. The Labute approximate surface area is 100 Å². The first-order valence-corrected chi connectivity index (χ1v) is 5.62. The second-order valence-corrected chi connectivity index (χ2v) is 4.33. The molecule has 4 heteroatoms. The molecule has 0 aromatic heterocycles. The number of benzene rings is 1. The fraction of sp³-hybridized carbons (Fsp3) is 0.417. The van der Waals surface area contributed by atoms with Gasteiger partial charge in [0.2, 0.25) is 0 Å². The average Bonchev–Trinajstić information content (AvgIpc) is 2.23. The van der Waals surface area contributed by atoms with Gasteiger partial charge < -0.3 is 10.8 Å². The van der Waals surface area contributed by atoms with Crippen molar-refractivity contribution in [2.45, 2.75) is 32.2 Å². The standard InChI is InChI=1S/C12H16ClNO2/c1-8-5-6-9(7-10(8)13)3-2-4-11(14)12(15)16/h5-7,11H,2-4,14H2,1H3,(H,15,16)/t11-/m0/s1. The molecule has 3 nitrogen and oxygen atoms in total. The van der Waals surface area contributed by atoms with Gasteiger partial charge in [0.25, 0.3) is 0 Å². The van der Waals surface area contributed by atoms with Crippen LogP contribution in [0, 0.1) is 6.92 Å². The highest BCUT2D eigenvalue weighted by Crippen LogP contribution is 2.18. The lowest BCUT2D eigenvalue weighted by molar-refractivity contribution is -0.138. The van der Waals surface area contributed by atoms with Gasteiger partial charge in [-0.3, -0.25) is 4.79 Å². The van der Waals surface area contributed by atoms with E-state index in [-0.39, 0.29) is 0 Å². The maximum absolute atomic E-state index is 10.5. The van der Waals surface area contributed by atoms with Gasteiger partial charge in [-0.15, -0.1) is 0 Å². The number of rotatable bonds is 5. The van der Waals surface area contributed by atoms with Crippen LogP contribution in [0.2, 0.25) is 5.02 Å². The van der Waals surface area contributed by atoms with E-state index in [1.165, 1.54) is 0 Å². The molecular formula is C12H16ClNO2. The number of hydrogen-bond acceptors (Lipinski definition) is 2. The highest BCUT2D eigenvalue weighted by Gasteiger charge is 2.10. The third-order valence-corrected chi connectivity index (χ3v) is 2.94. The first-order chi connectivity index (χ1) is 7.50. The van der Waals surface area contributed by atoms with E-state index in [9.17, 15) is 4.79 Å². The number of hydrogen-bond donors (Lipinski definition) is 2. The predicted molar refractivity (Wildman–Crippen MR) is 64.7 cm³/mol. The molecule has 0 unspecified atom stereocenters. The largest absolute Gasteiger partial charge is 0.480 e. The number of aliphatic carboxylic acids is 1. The van der Waals surface area contributed by atoms with E-state index in [0.717, 1.165) is 29.0 Å². The SMILES string of the molecule is Cc1ccc(CCC[C@H](N)C(=O)O)cc1Cl. The summed E-state index contributed by atoms with van der Waals surface area (Å²) in [5.74, 6) is -0.943. The van der Waals surface area contributed by atoms with Gasteiger partial charge in [0, 0.05) is 5.02 Å². The predicted octanol–water partition coefficient (Wildman–Crippen LogP) is 2.38. The van der Waals surface area contributed by atoms with E-state index in [0.29, 0.717) is 6.42 Å². The van der Waals surface area contributed by atoms with Gasteiger partial charge in [0.1, 0.15) is 6.04 Å². The molecule has 0 heterocycles. The molecular weight excluding hydrogens is 226 g/mol. The van der Waals surface area contributed by atoms with E-state index in [2.05, 4.69) is 0 Å². The average molecular weight is 242 g/mol. The molecule has 0 amide bonds. The molecule has 0 fully saturated rings. The van der Waals surface area contributed by atoms with Crippen molar-refractivity contribution in [1.29, 1.82) is 0 Å². The Hall–Kier alpha value is -1.06. The third kappa shape index (κ3) is 3.83. The molecule has 0 saturated carbocycles. The van der Waals surface area contributed by atoms with Crippen LogP contribution < -0.4 is 5.73 Å². The Morgan fingerprint density at radius 3 is 2.81 bits per heavy atom. The van der Waals surface area contributed by atoms with Gasteiger partial charge in [-0.05, 0) is 43.4 Å². The van der Waals surface area contributed by atoms with E-state index in [1.54, 1.807) is 0 Å². The summed E-state index contributed by atoms with van der Waals surface area (Å²) in [5.41, 5.74) is 7.58. The van der Waals surface area contributed by atoms with Crippen molar-refractivity contribution in [2.24, 2.45) is 5.73 Å². The van der Waals surface area contributed by atoms with Gasteiger partial charge >= 0.3 is 5.97 Å². The van der Waals surface area contributed by atoms with Crippen molar-refractivity contribution in [1.82, 2.24) is 0 Å². The fourth-order valence-electron chi connectivity index (χ4n) is 1.44. The van der Waals surface area contributed by atoms with Gasteiger partial charge in [0.05, 0.1) is 0 Å². The fourth-order valence-corrected chi connectivity index (χ4v) is 1.64. The summed E-state index contributed by atoms with van der Waals surface area (Å²) in [6.07, 6.45) is 2.05. The minimum atomic E-state index is -0.943. The number of nitrogens with two attached hydrogens (primary N) is 1. The van der Waals surface area contributed by atoms with Crippen LogP contribution in [-0.4, -0.2) is 17.1 Å². The van der Waals surface area contributed by atoms with Gasteiger partial charge in [-0.25, -0.2) is 0 Å². The van der Waals surface area contributed by atoms with Crippen LogP contribution >= 0.6 is 11.6 Å². The Kier molecular flexibility index (Phi) is 4.77. The highest BCUT2D eigenvalue weighted by molar-refractivity contribution is 6.31. The monoisotopic (exact) mass is 241 g/mol. The summed E-state index contributed by atoms with van der Waals surface area (Å²) in [6, 6.07) is 5.13. The van der Waals surface area contributed by atoms with Crippen LogP contribution in [0.15, 0.2) is 18.2 Å². The first-order valence-electron chi connectivity index (χ1n) is 5.24. The zero-order chi connectivity index (χ0) is 12.1. The number of aryl methyl sites for hydroxylation is 2. The Bertz CT molecular complexity index is 379. The van der Waals surface area contributed by atoms with Crippen molar-refractivity contribution in [3.63, 3.8) is 0 Å². The van der Waals surface area contributed by atoms with Gasteiger partial charge in [-0.1, -0.05) is 23.7 Å². The summed E-state index contributed by atoms with van der Waals surface area (Å²) in [5, 5.41) is 9.36. The zero-order valence-electron chi connectivity index (χ0n) is 9.24. The molecule has 0 radical (unpaired) electrons. The van der Waals surface area contributed by atoms with Crippen LogP contribution in [0.1, 0.15) is 24.0 Å². The van der Waals surface area contributed by atoms with Gasteiger partial charge in [0.15, 0.2) is 0 Å². The summed E-state index contributed by atoms with van der Waals surface area (Å²) in [7, 11) is 0. The Morgan fingerprint density at radius 1 is 1.56 bits per heavy atom. The minimum absolute atomic E-state index is 0.487. The van der Waals surface area contributed by atoms with Gasteiger partial charge in [-0.2, -0.15) is 0 Å². The van der Waals surface area contributed by atoms with Crippen molar-refractivity contribution >= 4 is 17.6 Å². The van der Waals surface area contributed by atoms with E-state index < -0.39 is 12.0 Å². The maximum atomic E-state index is 10.5. The maximum Gasteiger partial charge on any atom is 0.320 e. The quantitative estimate of drug-likeness (QED) is 0.832. The lowest BCUT2D eigenvalue weighted by Crippen LogP contribution is -2.29. The second kappa shape index (κ2) is 5.87. The highest BCUT2D eigenvalue weighted by atomic mass is 35.5. The van der Waals surface area contributed by atoms with Crippen molar-refractivity contribution < 1.29 is 9.90 Å². The first kappa shape index (κ1) is 13.0. The topological polar surface area (TPSA) is 63.3 Å². The summed E-state index contributed by atoms with van der Waals surface area (Å²) >= 11 is 5.99. The molecule has 0 aliphatic heterocycles. The smallest absolute Gasteiger partial charge is 0.320 e. The van der Waals surface area contributed by atoms with Crippen LogP contribution in [0.3, 0.4) is 0 Å². The number of halogens is 1. The molecule has 1 aromatic carbocycles. The number of carbonyl (C=O) groups is 1. The van der Waals surface area contributed by atoms with Crippen LogP contribution in [0.5, 0.6) is 0 Å². The molecule has 1 aromatic rings. The van der Waals surface area contributed by atoms with Crippen LogP contribution in [0.25, 0.3) is 0 Å². The van der Waals surface area contributed by atoms with E-state index >= 15 is 0 Å². The molecule has 1 atom stereocenters. The molecule has 16 heavy (non-hydrogen) atoms. The molecule has 0 aliphatic carbocycles. The Balaban J connectivity index is 2.43. The van der Waals surface area contributed by atoms with Crippen molar-refractivity contribution in [3.05, 3.63) is 34.3 Å². The van der Waals surface area contributed by atoms with Crippen LogP contribution in [-0.2, 0) is 11.2 Å². The minimum Gasteiger partial charge on any atom is -0.480 e. The summed E-state index contributed by atoms with van der Waals surface area (Å²) in [4.78, 5) is 10.5. The third-order valence-electron chi connectivity index (χ3n) is 2.53. The number of carboxylic acid groups (broad SMARTS) is 1. The van der Waals surface area contributed by atoms with Crippen molar-refractivity contribution in [2.75, 3.05) is 0 Å². The molecule has 0 aliphatic rings. The lowest BCUT2D eigenvalue weighted by Gasteiger charge is -2.07. The van der Waals surface area contributed by atoms with Crippen LogP contribution in [0.4, 0.5) is 0 Å². The second-order valence-electron chi connectivity index (χ2n) is 3.92. The van der Waals surface area contributed by atoms with Crippen molar-refractivity contribution in [3.8, 4) is 0 Å². The Morgan fingerprint density at radius 2 is 2.25 bits per heavy atom. The zero-order valence-corrected chi connectivity index (χ0v) is 10.00. The molecule has 0 spiro atoms. The summed E-state index contributed by atoms with van der Waals surface area (Å²) < 4.78 is 0. The lowest BCUT2D eigenvalue weighted by atomic mass is 10.0. The normalized spacial score (nSPS) is 12.4. The molecule has 1 rings (SSSR count).